The van der Waals surface area contributed by atoms with Gasteiger partial charge in [0.15, 0.2) is 0 Å². The van der Waals surface area contributed by atoms with Crippen LogP contribution >= 0.6 is 8.25 Å². The molecule has 0 amide bonds. The molecule has 156 valence electrons. The lowest BCUT2D eigenvalue weighted by atomic mass is 10.1. The average molecular weight is 454 g/mol. The topological polar surface area (TPSA) is 80.7 Å². The summed E-state index contributed by atoms with van der Waals surface area (Å²) in [5, 5.41) is -6.83. The molecule has 0 saturated heterocycles. The molecule has 1 unspecified atom stereocenters. The van der Waals surface area contributed by atoms with E-state index in [2.05, 4.69) is 4.52 Å². The Morgan fingerprint density at radius 1 is 0.889 bits per heavy atom. The van der Waals surface area contributed by atoms with Gasteiger partial charge in [0.25, 0.3) is 0 Å². The second kappa shape index (κ2) is 7.26. The number of sulfone groups is 1. The summed E-state index contributed by atoms with van der Waals surface area (Å²) >= 11 is 0. The number of benzene rings is 1. The van der Waals surface area contributed by atoms with E-state index >= 15 is 0 Å². The van der Waals surface area contributed by atoms with Crippen LogP contribution in [-0.2, 0) is 25.5 Å². The Morgan fingerprint density at radius 2 is 1.33 bits per heavy atom. The SMILES string of the molecule is O=[PH](O)OCc1ccc(S(=O)(=O)C(F)(F)C(F)(F)C(F)(F)C(F)(F)F)cc1. The Labute approximate surface area is 145 Å². The van der Waals surface area contributed by atoms with Crippen molar-refractivity contribution in [2.75, 3.05) is 0 Å². The molecular formula is C11H8F9O5PS. The fourth-order valence-corrected chi connectivity index (χ4v) is 3.13. The molecule has 0 bridgehead atoms. The third-order valence-electron chi connectivity index (χ3n) is 3.05. The summed E-state index contributed by atoms with van der Waals surface area (Å²) in [7, 11) is -10.1. The lowest BCUT2D eigenvalue weighted by molar-refractivity contribution is -0.382. The van der Waals surface area contributed by atoms with Gasteiger partial charge in [-0.2, -0.15) is 39.5 Å². The maximum Gasteiger partial charge on any atom is 0.460 e. The molecule has 0 aliphatic heterocycles. The summed E-state index contributed by atoms with van der Waals surface area (Å²) in [6.07, 6.45) is -7.15. The predicted molar refractivity (Wildman–Crippen MR) is 70.5 cm³/mol. The van der Waals surface area contributed by atoms with Crippen LogP contribution in [0.2, 0.25) is 0 Å². The third-order valence-corrected chi connectivity index (χ3v) is 5.26. The number of hydrogen-bond acceptors (Lipinski definition) is 4. The molecule has 0 aliphatic carbocycles. The zero-order valence-electron chi connectivity index (χ0n) is 12.4. The van der Waals surface area contributed by atoms with Crippen LogP contribution in [0.5, 0.6) is 0 Å². The van der Waals surface area contributed by atoms with Crippen LogP contribution in [0.1, 0.15) is 5.56 Å². The summed E-state index contributed by atoms with van der Waals surface area (Å²) in [5.74, 6) is -14.7. The summed E-state index contributed by atoms with van der Waals surface area (Å²) < 4.78 is 153. The number of alkyl halides is 9. The molecule has 0 spiro atoms. The van der Waals surface area contributed by atoms with E-state index in [1.165, 1.54) is 0 Å². The lowest BCUT2D eigenvalue weighted by Crippen LogP contribution is -2.63. The fraction of sp³-hybridized carbons (Fsp3) is 0.455. The Morgan fingerprint density at radius 3 is 1.70 bits per heavy atom. The van der Waals surface area contributed by atoms with E-state index in [1.54, 1.807) is 0 Å². The Kier molecular flexibility index (Phi) is 6.38. The van der Waals surface area contributed by atoms with Crippen LogP contribution in [-0.4, -0.2) is 36.6 Å². The summed E-state index contributed by atoms with van der Waals surface area (Å²) in [6.45, 7) is -0.632. The van der Waals surface area contributed by atoms with Crippen molar-refractivity contribution < 1.29 is 61.9 Å². The highest BCUT2D eigenvalue weighted by molar-refractivity contribution is 7.92. The van der Waals surface area contributed by atoms with Crippen LogP contribution in [0.15, 0.2) is 29.2 Å². The van der Waals surface area contributed by atoms with Gasteiger partial charge in [-0.05, 0) is 17.7 Å². The highest BCUT2D eigenvalue weighted by atomic mass is 32.2. The van der Waals surface area contributed by atoms with Crippen molar-refractivity contribution in [3.8, 4) is 0 Å². The Hall–Kier alpha value is -1.31. The van der Waals surface area contributed by atoms with Gasteiger partial charge in [-0.25, -0.2) is 8.42 Å². The van der Waals surface area contributed by atoms with Crippen molar-refractivity contribution in [1.82, 2.24) is 0 Å². The Balaban J connectivity index is 3.34. The molecule has 1 aromatic rings. The smallest absolute Gasteiger partial charge is 0.326 e. The van der Waals surface area contributed by atoms with Crippen LogP contribution in [0.25, 0.3) is 0 Å². The van der Waals surface area contributed by atoms with Crippen LogP contribution < -0.4 is 0 Å². The van der Waals surface area contributed by atoms with Gasteiger partial charge >= 0.3 is 31.5 Å². The molecule has 0 radical (unpaired) electrons. The first kappa shape index (κ1) is 23.7. The highest BCUT2D eigenvalue weighted by Crippen LogP contribution is 2.55. The van der Waals surface area contributed by atoms with Crippen molar-refractivity contribution in [1.29, 1.82) is 0 Å². The summed E-state index contributed by atoms with van der Waals surface area (Å²) in [6, 6.07) is 1.68. The van der Waals surface area contributed by atoms with E-state index in [9.17, 15) is 52.5 Å². The second-order valence-corrected chi connectivity index (χ2v) is 7.68. The van der Waals surface area contributed by atoms with E-state index in [-0.39, 0.29) is 17.7 Å². The average Bonchev–Trinajstić information content (AvgIpc) is 2.51. The molecule has 0 aliphatic rings. The highest BCUT2D eigenvalue weighted by Gasteiger charge is 2.85. The first-order chi connectivity index (χ1) is 11.9. The van der Waals surface area contributed by atoms with Crippen LogP contribution in [0, 0.1) is 0 Å². The van der Waals surface area contributed by atoms with Gasteiger partial charge in [-0.15, -0.1) is 0 Å². The molecular weight excluding hydrogens is 446 g/mol. The summed E-state index contributed by atoms with van der Waals surface area (Å²) in [5.41, 5.74) is -0.114. The van der Waals surface area contributed by atoms with Gasteiger partial charge in [-0.3, -0.25) is 4.57 Å². The van der Waals surface area contributed by atoms with E-state index in [0.29, 0.717) is 12.1 Å². The minimum Gasteiger partial charge on any atom is -0.326 e. The normalized spacial score (nSPS) is 15.6. The first-order valence-electron chi connectivity index (χ1n) is 6.29. The van der Waals surface area contributed by atoms with Crippen LogP contribution in [0.4, 0.5) is 39.5 Å². The zero-order valence-corrected chi connectivity index (χ0v) is 14.2. The van der Waals surface area contributed by atoms with Gasteiger partial charge in [0.2, 0.25) is 9.84 Å². The minimum atomic E-state index is -7.35. The second-order valence-electron chi connectivity index (χ2n) is 4.87. The molecule has 0 aromatic heterocycles. The zero-order chi connectivity index (χ0) is 21.5. The molecule has 1 aromatic carbocycles. The molecule has 16 heteroatoms. The molecule has 27 heavy (non-hydrogen) atoms. The van der Waals surface area contributed by atoms with Gasteiger partial charge in [0, 0.05) is 0 Å². The number of halogens is 9. The molecule has 1 rings (SSSR count). The van der Waals surface area contributed by atoms with Gasteiger partial charge < -0.3 is 9.42 Å². The predicted octanol–water partition coefficient (Wildman–Crippen LogP) is 3.78. The lowest BCUT2D eigenvalue weighted by Gasteiger charge is -2.33. The fourth-order valence-electron chi connectivity index (χ4n) is 1.59. The van der Waals surface area contributed by atoms with E-state index in [1.807, 2.05) is 0 Å². The molecule has 1 N–H and O–H groups in total. The van der Waals surface area contributed by atoms with Crippen molar-refractivity contribution >= 4 is 18.1 Å². The molecule has 1 atom stereocenters. The van der Waals surface area contributed by atoms with Crippen molar-refractivity contribution in [2.45, 2.75) is 34.8 Å². The van der Waals surface area contributed by atoms with E-state index < -0.39 is 52.9 Å². The number of hydrogen-bond donors (Lipinski definition) is 1. The van der Waals surface area contributed by atoms with Crippen molar-refractivity contribution in [3.63, 3.8) is 0 Å². The van der Waals surface area contributed by atoms with Gasteiger partial charge in [0.1, 0.15) is 0 Å². The minimum absolute atomic E-state index is 0.114. The summed E-state index contributed by atoms with van der Waals surface area (Å²) in [4.78, 5) is 6.73. The monoisotopic (exact) mass is 454 g/mol. The maximum atomic E-state index is 13.6. The number of rotatable bonds is 7. The first-order valence-corrected chi connectivity index (χ1v) is 9.03. The molecule has 0 heterocycles. The van der Waals surface area contributed by atoms with Crippen LogP contribution in [0.3, 0.4) is 0 Å². The Bertz CT molecular complexity index is 805. The molecule has 0 saturated carbocycles. The third kappa shape index (κ3) is 4.10. The quantitative estimate of drug-likeness (QED) is 0.501. The van der Waals surface area contributed by atoms with E-state index in [0.717, 1.165) is 0 Å². The van der Waals surface area contributed by atoms with Gasteiger partial charge in [0.05, 0.1) is 11.5 Å². The standard InChI is InChI=1S/C11H8F9O5PS/c12-8(13,10(16,17)18)9(14,15)11(19,20)27(23,24)7-3-1-6(2-4-7)5-25-26(21)22/h1-4,26H,5H2,(H,21,22). The largest absolute Gasteiger partial charge is 0.460 e. The van der Waals surface area contributed by atoms with Crippen molar-refractivity contribution in [3.05, 3.63) is 29.8 Å². The van der Waals surface area contributed by atoms with Gasteiger partial charge in [-0.1, -0.05) is 12.1 Å². The molecule has 5 nitrogen and oxygen atoms in total. The van der Waals surface area contributed by atoms with E-state index in [4.69, 9.17) is 4.89 Å². The van der Waals surface area contributed by atoms with Crippen molar-refractivity contribution in [2.24, 2.45) is 0 Å². The maximum absolute atomic E-state index is 13.6. The molecule has 0 fully saturated rings.